The molecule has 5 heteroatoms. The molecule has 4 aliphatic rings. The number of hydrogen-bond acceptors (Lipinski definition) is 5. The van der Waals surface area contributed by atoms with Gasteiger partial charge in [0.1, 0.15) is 12.4 Å². The van der Waals surface area contributed by atoms with Crippen LogP contribution in [0, 0.1) is 34.5 Å². The number of oxime groups is 1. The van der Waals surface area contributed by atoms with Crippen molar-refractivity contribution in [1.29, 1.82) is 0 Å². The van der Waals surface area contributed by atoms with Crippen molar-refractivity contribution < 1.29 is 14.7 Å². The molecule has 5 nitrogen and oxygen atoms in total. The van der Waals surface area contributed by atoms with E-state index in [0.29, 0.717) is 42.6 Å². The first kappa shape index (κ1) is 20.1. The fraction of sp³-hybridized carbons (Fsp3) is 0.826. The minimum Gasteiger partial charge on any atom is -0.395 e. The molecule has 0 heterocycles. The van der Waals surface area contributed by atoms with E-state index in [9.17, 15) is 9.90 Å². The second kappa shape index (κ2) is 7.56. The van der Waals surface area contributed by atoms with Crippen molar-refractivity contribution >= 4 is 11.5 Å². The number of rotatable bonds is 4. The Morgan fingerprint density at radius 3 is 2.79 bits per heavy atom. The number of carbonyl (C=O) groups is 1. The van der Waals surface area contributed by atoms with Crippen LogP contribution in [-0.4, -0.2) is 36.4 Å². The van der Waals surface area contributed by atoms with Gasteiger partial charge in [-0.2, -0.15) is 0 Å². The molecule has 0 aromatic heterocycles. The zero-order chi connectivity index (χ0) is 19.9. The molecule has 0 bridgehead atoms. The first-order valence-corrected chi connectivity index (χ1v) is 11.1. The van der Waals surface area contributed by atoms with Crippen LogP contribution in [0.3, 0.4) is 0 Å². The Morgan fingerprint density at radius 2 is 2.04 bits per heavy atom. The second-order valence-corrected chi connectivity index (χ2v) is 10.0. The van der Waals surface area contributed by atoms with Gasteiger partial charge in [-0.25, -0.2) is 0 Å². The van der Waals surface area contributed by atoms with Crippen LogP contribution in [0.15, 0.2) is 16.8 Å². The summed E-state index contributed by atoms with van der Waals surface area (Å²) in [5, 5.41) is 14.1. The Kier molecular flexibility index (Phi) is 5.43. The van der Waals surface area contributed by atoms with E-state index in [0.717, 1.165) is 50.7 Å². The summed E-state index contributed by atoms with van der Waals surface area (Å²) in [6.45, 7) is 5.74. The van der Waals surface area contributed by atoms with Gasteiger partial charge in [0.25, 0.3) is 0 Å². The van der Waals surface area contributed by atoms with Crippen molar-refractivity contribution in [3.8, 4) is 0 Å². The van der Waals surface area contributed by atoms with Crippen LogP contribution in [0.4, 0.5) is 0 Å². The van der Waals surface area contributed by atoms with Gasteiger partial charge < -0.3 is 15.7 Å². The number of aliphatic hydroxyl groups is 1. The van der Waals surface area contributed by atoms with Gasteiger partial charge in [0.05, 0.1) is 12.3 Å². The molecule has 0 aliphatic heterocycles. The number of aliphatic hydroxyl groups excluding tert-OH is 1. The number of allylic oxidation sites excluding steroid dienone is 1. The average molecular weight is 389 g/mol. The molecule has 6 atom stereocenters. The normalized spacial score (nSPS) is 45.6. The molecule has 0 aromatic rings. The summed E-state index contributed by atoms with van der Waals surface area (Å²) in [5.41, 5.74) is 8.16. The zero-order valence-corrected chi connectivity index (χ0v) is 17.5. The molecule has 156 valence electrons. The van der Waals surface area contributed by atoms with Crippen LogP contribution in [0.5, 0.6) is 0 Å². The van der Waals surface area contributed by atoms with Gasteiger partial charge in [0.2, 0.25) is 0 Å². The summed E-state index contributed by atoms with van der Waals surface area (Å²) in [7, 11) is 0. The molecule has 0 unspecified atom stereocenters. The predicted octanol–water partition coefficient (Wildman–Crippen LogP) is 3.46. The Balaban J connectivity index is 1.63. The van der Waals surface area contributed by atoms with Crippen LogP contribution in [0.25, 0.3) is 0 Å². The predicted molar refractivity (Wildman–Crippen MR) is 110 cm³/mol. The van der Waals surface area contributed by atoms with Crippen LogP contribution < -0.4 is 5.73 Å². The van der Waals surface area contributed by atoms with Crippen molar-refractivity contribution in [3.63, 3.8) is 0 Å². The van der Waals surface area contributed by atoms with E-state index in [2.05, 4.69) is 19.0 Å². The highest BCUT2D eigenvalue weighted by Gasteiger charge is 2.61. The third-order valence-corrected chi connectivity index (χ3v) is 8.86. The first-order valence-electron chi connectivity index (χ1n) is 11.1. The minimum absolute atomic E-state index is 0.0936. The van der Waals surface area contributed by atoms with Gasteiger partial charge in [-0.15, -0.1) is 0 Å². The largest absolute Gasteiger partial charge is 0.395 e. The minimum atomic E-state index is -0.105. The lowest BCUT2D eigenvalue weighted by molar-refractivity contribution is -0.134. The molecular weight excluding hydrogens is 352 g/mol. The highest BCUT2D eigenvalue weighted by atomic mass is 16.6. The van der Waals surface area contributed by atoms with E-state index in [4.69, 9.17) is 10.6 Å². The van der Waals surface area contributed by atoms with Gasteiger partial charge in [-0.1, -0.05) is 30.7 Å². The van der Waals surface area contributed by atoms with Gasteiger partial charge in [0, 0.05) is 18.4 Å². The number of hydrogen-bond donors (Lipinski definition) is 2. The summed E-state index contributed by atoms with van der Waals surface area (Å²) in [5.74, 6) is 2.68. The Hall–Kier alpha value is -1.20. The lowest BCUT2D eigenvalue weighted by atomic mass is 9.44. The van der Waals surface area contributed by atoms with Gasteiger partial charge in [-0.3, -0.25) is 4.79 Å². The maximum atomic E-state index is 12.6. The highest BCUT2D eigenvalue weighted by molar-refractivity contribution is 5.87. The maximum absolute atomic E-state index is 12.6. The lowest BCUT2D eigenvalue weighted by Crippen LogP contribution is -2.54. The lowest BCUT2D eigenvalue weighted by Gasteiger charge is -2.60. The second-order valence-electron chi connectivity index (χ2n) is 10.0. The number of Topliss-reactive ketones (excluding diaryl/α,β-unsaturated/α-hetero) is 1. The van der Waals surface area contributed by atoms with Crippen LogP contribution in [-0.2, 0) is 9.63 Å². The smallest absolute Gasteiger partial charge is 0.139 e. The van der Waals surface area contributed by atoms with Crippen LogP contribution in [0.2, 0.25) is 0 Å². The van der Waals surface area contributed by atoms with Gasteiger partial charge >= 0.3 is 0 Å². The number of nitrogens with two attached hydrogens (primary N) is 1. The highest BCUT2D eigenvalue weighted by Crippen LogP contribution is 2.66. The molecule has 4 fully saturated rings. The molecule has 0 aromatic carbocycles. The van der Waals surface area contributed by atoms with E-state index in [1.165, 1.54) is 12.0 Å². The molecule has 3 N–H and O–H groups in total. The molecule has 0 radical (unpaired) electrons. The maximum Gasteiger partial charge on any atom is 0.139 e. The SMILES string of the molecule is C[C@]12CC/C(=N\OCCN)C[C@@H]1/C(=C/CO)C[C@@H]1[C@@H]2CC[C@]2(C)C(=O)CC[C@@H]12. The monoisotopic (exact) mass is 388 g/mol. The third-order valence-electron chi connectivity index (χ3n) is 8.86. The summed E-state index contributed by atoms with van der Waals surface area (Å²) in [4.78, 5) is 18.0. The topological polar surface area (TPSA) is 84.9 Å². The van der Waals surface area contributed by atoms with E-state index in [1.54, 1.807) is 0 Å². The van der Waals surface area contributed by atoms with E-state index in [1.807, 2.05) is 6.08 Å². The third kappa shape index (κ3) is 3.06. The summed E-state index contributed by atoms with van der Waals surface area (Å²) >= 11 is 0. The van der Waals surface area contributed by atoms with Crippen molar-refractivity contribution in [2.24, 2.45) is 45.4 Å². The fourth-order valence-corrected chi connectivity index (χ4v) is 7.35. The Labute approximate surface area is 168 Å². The first-order chi connectivity index (χ1) is 13.4. The zero-order valence-electron chi connectivity index (χ0n) is 17.5. The van der Waals surface area contributed by atoms with Gasteiger partial charge in [-0.05, 0) is 74.0 Å². The van der Waals surface area contributed by atoms with E-state index in [-0.39, 0.29) is 17.4 Å². The molecule has 0 saturated heterocycles. The van der Waals surface area contributed by atoms with Crippen molar-refractivity contribution in [1.82, 2.24) is 0 Å². The number of carbonyl (C=O) groups excluding carboxylic acids is 1. The van der Waals surface area contributed by atoms with Crippen molar-refractivity contribution in [2.45, 2.75) is 65.2 Å². The molecular formula is C23H36N2O3. The summed E-state index contributed by atoms with van der Waals surface area (Å²) < 4.78 is 0. The quantitative estimate of drug-likeness (QED) is 0.439. The van der Waals surface area contributed by atoms with Crippen molar-refractivity contribution in [2.75, 3.05) is 19.8 Å². The standard InChI is InChI=1S/C23H36N2O3/c1-22-8-5-16(25-28-12-10-24)14-20(22)15(7-11-26)13-17-18-3-4-21(27)23(18,2)9-6-19(17)22/h7,17-20,26H,3-6,8-14,24H2,1-2H3/b15-7+,25-16+/t17-,18-,19-,20+,22+,23-/m0/s1. The number of fused-ring (bicyclic) bond motifs is 5. The van der Waals surface area contributed by atoms with E-state index >= 15 is 0 Å². The number of nitrogens with zero attached hydrogens (tertiary/aromatic N) is 1. The molecule has 28 heavy (non-hydrogen) atoms. The average Bonchev–Trinajstić information content (AvgIpc) is 2.98. The fourth-order valence-electron chi connectivity index (χ4n) is 7.35. The summed E-state index contributed by atoms with van der Waals surface area (Å²) in [6.07, 6.45) is 10.1. The summed E-state index contributed by atoms with van der Waals surface area (Å²) in [6, 6.07) is 0. The molecule has 4 rings (SSSR count). The Bertz CT molecular complexity index is 687. The van der Waals surface area contributed by atoms with Crippen molar-refractivity contribution in [3.05, 3.63) is 11.6 Å². The van der Waals surface area contributed by atoms with E-state index < -0.39 is 0 Å². The van der Waals surface area contributed by atoms with Crippen LogP contribution in [0.1, 0.15) is 65.2 Å². The molecule has 4 aliphatic carbocycles. The van der Waals surface area contributed by atoms with Crippen LogP contribution >= 0.6 is 0 Å². The molecule has 0 amide bonds. The molecule has 0 spiro atoms. The number of ketones is 1. The van der Waals surface area contributed by atoms with Gasteiger partial charge in [0.15, 0.2) is 0 Å². The molecule has 4 saturated carbocycles. The Morgan fingerprint density at radius 1 is 1.21 bits per heavy atom.